The van der Waals surface area contributed by atoms with Crippen LogP contribution in [0.5, 0.6) is 11.5 Å². The van der Waals surface area contributed by atoms with E-state index in [9.17, 15) is 5.11 Å². The van der Waals surface area contributed by atoms with Crippen molar-refractivity contribution in [1.82, 2.24) is 0 Å². The van der Waals surface area contributed by atoms with E-state index in [1.54, 1.807) is 0 Å². The minimum atomic E-state index is -0.381. The molecule has 0 saturated carbocycles. The van der Waals surface area contributed by atoms with Gasteiger partial charge in [0.05, 0.1) is 6.10 Å². The number of aliphatic hydroxyl groups excluding tert-OH is 1. The van der Waals surface area contributed by atoms with Crippen molar-refractivity contribution in [3.05, 3.63) is 23.8 Å². The van der Waals surface area contributed by atoms with Crippen LogP contribution < -0.4 is 15.2 Å². The van der Waals surface area contributed by atoms with Crippen LogP contribution in [0, 0.1) is 0 Å². The van der Waals surface area contributed by atoms with Gasteiger partial charge in [-0.15, -0.1) is 0 Å². The van der Waals surface area contributed by atoms with Crippen molar-refractivity contribution in [2.75, 3.05) is 13.3 Å². The first-order valence-electron chi connectivity index (χ1n) is 5.56. The van der Waals surface area contributed by atoms with Crippen molar-refractivity contribution < 1.29 is 14.6 Å². The van der Waals surface area contributed by atoms with Gasteiger partial charge < -0.3 is 20.3 Å². The fourth-order valence-corrected chi connectivity index (χ4v) is 1.76. The van der Waals surface area contributed by atoms with E-state index < -0.39 is 0 Å². The van der Waals surface area contributed by atoms with Gasteiger partial charge in [0.2, 0.25) is 6.79 Å². The summed E-state index contributed by atoms with van der Waals surface area (Å²) in [5.41, 5.74) is 6.54. The van der Waals surface area contributed by atoms with Gasteiger partial charge in [0.1, 0.15) is 0 Å². The third kappa shape index (κ3) is 2.65. The lowest BCUT2D eigenvalue weighted by Gasteiger charge is -2.07. The van der Waals surface area contributed by atoms with E-state index in [0.29, 0.717) is 13.3 Å². The summed E-state index contributed by atoms with van der Waals surface area (Å²) in [5, 5.41) is 9.32. The number of aryl methyl sites for hydroxylation is 1. The summed E-state index contributed by atoms with van der Waals surface area (Å²) >= 11 is 0. The van der Waals surface area contributed by atoms with Crippen LogP contribution in [0.3, 0.4) is 0 Å². The fourth-order valence-electron chi connectivity index (χ4n) is 1.76. The zero-order valence-electron chi connectivity index (χ0n) is 9.19. The molecule has 16 heavy (non-hydrogen) atoms. The molecular weight excluding hydrogens is 206 g/mol. The number of hydrogen-bond donors (Lipinski definition) is 2. The van der Waals surface area contributed by atoms with Gasteiger partial charge in [-0.1, -0.05) is 6.07 Å². The average molecular weight is 223 g/mol. The van der Waals surface area contributed by atoms with Crippen molar-refractivity contribution in [3.63, 3.8) is 0 Å². The maximum atomic E-state index is 9.32. The molecule has 0 bridgehead atoms. The zero-order valence-corrected chi connectivity index (χ0v) is 9.19. The van der Waals surface area contributed by atoms with Crippen molar-refractivity contribution in [2.24, 2.45) is 5.73 Å². The summed E-state index contributed by atoms with van der Waals surface area (Å²) in [4.78, 5) is 0. The first kappa shape index (κ1) is 11.2. The molecule has 4 nitrogen and oxygen atoms in total. The molecule has 2 rings (SSSR count). The van der Waals surface area contributed by atoms with E-state index in [1.165, 1.54) is 5.56 Å². The SMILES string of the molecule is NCC(O)CCCc1ccc2c(c1)OCO2. The van der Waals surface area contributed by atoms with Crippen molar-refractivity contribution in [1.29, 1.82) is 0 Å². The van der Waals surface area contributed by atoms with Crippen molar-refractivity contribution in [3.8, 4) is 11.5 Å². The lowest BCUT2D eigenvalue weighted by Crippen LogP contribution is -2.19. The second-order valence-electron chi connectivity index (χ2n) is 3.97. The predicted molar refractivity (Wildman–Crippen MR) is 60.6 cm³/mol. The molecule has 1 aliphatic heterocycles. The van der Waals surface area contributed by atoms with Gasteiger partial charge in [0.25, 0.3) is 0 Å². The smallest absolute Gasteiger partial charge is 0.231 e. The van der Waals surface area contributed by atoms with E-state index in [4.69, 9.17) is 15.2 Å². The first-order chi connectivity index (χ1) is 7.79. The summed E-state index contributed by atoms with van der Waals surface area (Å²) in [5.74, 6) is 1.63. The monoisotopic (exact) mass is 223 g/mol. The molecular formula is C12H17NO3. The maximum absolute atomic E-state index is 9.32. The Morgan fingerprint density at radius 1 is 1.31 bits per heavy atom. The second kappa shape index (κ2) is 5.18. The van der Waals surface area contributed by atoms with E-state index in [1.807, 2.05) is 18.2 Å². The van der Waals surface area contributed by atoms with E-state index in [-0.39, 0.29) is 6.10 Å². The molecule has 88 valence electrons. The molecule has 1 atom stereocenters. The van der Waals surface area contributed by atoms with Gasteiger partial charge in [-0.3, -0.25) is 0 Å². The molecule has 1 aliphatic rings. The number of rotatable bonds is 5. The molecule has 3 N–H and O–H groups in total. The summed E-state index contributed by atoms with van der Waals surface area (Å²) in [6.07, 6.45) is 2.21. The number of aliphatic hydroxyl groups is 1. The molecule has 0 spiro atoms. The number of ether oxygens (including phenoxy) is 2. The van der Waals surface area contributed by atoms with Crippen molar-refractivity contribution in [2.45, 2.75) is 25.4 Å². The largest absolute Gasteiger partial charge is 0.454 e. The minimum Gasteiger partial charge on any atom is -0.454 e. The fraction of sp³-hybridized carbons (Fsp3) is 0.500. The molecule has 0 aromatic heterocycles. The molecule has 1 aromatic carbocycles. The Kier molecular flexibility index (Phi) is 3.64. The normalized spacial score (nSPS) is 15.1. The van der Waals surface area contributed by atoms with Gasteiger partial charge in [0.15, 0.2) is 11.5 Å². The molecule has 4 heteroatoms. The Balaban J connectivity index is 1.86. The summed E-state index contributed by atoms with van der Waals surface area (Å²) < 4.78 is 10.5. The van der Waals surface area contributed by atoms with Crippen LogP contribution >= 0.6 is 0 Å². The predicted octanol–water partition coefficient (Wildman–Crippen LogP) is 1.06. The van der Waals surface area contributed by atoms with E-state index >= 15 is 0 Å². The van der Waals surface area contributed by atoms with Gasteiger partial charge in [-0.25, -0.2) is 0 Å². The van der Waals surface area contributed by atoms with Crippen molar-refractivity contribution >= 4 is 0 Å². The molecule has 0 fully saturated rings. The van der Waals surface area contributed by atoms with Crippen LogP contribution in [0.1, 0.15) is 18.4 Å². The zero-order chi connectivity index (χ0) is 11.4. The Labute approximate surface area is 95.0 Å². The van der Waals surface area contributed by atoms with Gasteiger partial charge in [0, 0.05) is 6.54 Å². The number of hydrogen-bond acceptors (Lipinski definition) is 4. The number of fused-ring (bicyclic) bond motifs is 1. The second-order valence-corrected chi connectivity index (χ2v) is 3.97. The quantitative estimate of drug-likeness (QED) is 0.783. The molecule has 0 radical (unpaired) electrons. The molecule has 1 unspecified atom stereocenters. The van der Waals surface area contributed by atoms with Gasteiger partial charge in [-0.2, -0.15) is 0 Å². The van der Waals surface area contributed by atoms with Crippen LogP contribution in [0.15, 0.2) is 18.2 Å². The molecule has 0 aliphatic carbocycles. The molecule has 0 saturated heterocycles. The third-order valence-corrected chi connectivity index (χ3v) is 2.71. The average Bonchev–Trinajstić information content (AvgIpc) is 2.76. The Morgan fingerprint density at radius 2 is 2.12 bits per heavy atom. The van der Waals surface area contributed by atoms with Crippen LogP contribution in [-0.4, -0.2) is 24.5 Å². The van der Waals surface area contributed by atoms with Crippen LogP contribution in [0.2, 0.25) is 0 Å². The lowest BCUT2D eigenvalue weighted by atomic mass is 10.1. The number of nitrogens with two attached hydrogens (primary N) is 1. The third-order valence-electron chi connectivity index (χ3n) is 2.71. The van der Waals surface area contributed by atoms with Gasteiger partial charge in [-0.05, 0) is 37.0 Å². The molecule has 1 aromatic rings. The standard InChI is InChI=1S/C12H17NO3/c13-7-10(14)3-1-2-9-4-5-11-12(6-9)16-8-15-11/h4-6,10,14H,1-3,7-8,13H2. The van der Waals surface area contributed by atoms with Crippen LogP contribution in [0.4, 0.5) is 0 Å². The summed E-state index contributed by atoms with van der Waals surface area (Å²) in [7, 11) is 0. The topological polar surface area (TPSA) is 64.7 Å². The maximum Gasteiger partial charge on any atom is 0.231 e. The van der Waals surface area contributed by atoms with Crippen LogP contribution in [-0.2, 0) is 6.42 Å². The lowest BCUT2D eigenvalue weighted by molar-refractivity contribution is 0.170. The van der Waals surface area contributed by atoms with E-state index in [2.05, 4.69) is 0 Å². The Morgan fingerprint density at radius 3 is 2.94 bits per heavy atom. The molecule has 1 heterocycles. The summed E-state index contributed by atoms with van der Waals surface area (Å²) in [6, 6.07) is 5.95. The Bertz CT molecular complexity index is 354. The highest BCUT2D eigenvalue weighted by Crippen LogP contribution is 2.32. The highest BCUT2D eigenvalue weighted by molar-refractivity contribution is 5.44. The Hall–Kier alpha value is -1.26. The summed E-state index contributed by atoms with van der Waals surface area (Å²) in [6.45, 7) is 0.645. The van der Waals surface area contributed by atoms with E-state index in [0.717, 1.165) is 30.8 Å². The first-order valence-corrected chi connectivity index (χ1v) is 5.56. The highest BCUT2D eigenvalue weighted by atomic mass is 16.7. The number of benzene rings is 1. The highest BCUT2D eigenvalue weighted by Gasteiger charge is 2.13. The minimum absolute atomic E-state index is 0.310. The molecule has 0 amide bonds. The van der Waals surface area contributed by atoms with Gasteiger partial charge >= 0.3 is 0 Å². The van der Waals surface area contributed by atoms with Crippen LogP contribution in [0.25, 0.3) is 0 Å².